The van der Waals surface area contributed by atoms with Crippen molar-refractivity contribution in [1.82, 2.24) is 4.98 Å². The van der Waals surface area contributed by atoms with Gasteiger partial charge >= 0.3 is 5.97 Å². The van der Waals surface area contributed by atoms with Crippen LogP contribution >= 0.6 is 27.3 Å². The smallest absolute Gasteiger partial charge is 0.367 e. The molecular weight excluding hydrogens is 230 g/mol. The average Bonchev–Trinajstić information content (AvgIpc) is 2.50. The van der Waals surface area contributed by atoms with E-state index >= 15 is 0 Å². The van der Waals surface area contributed by atoms with Crippen LogP contribution in [0.3, 0.4) is 0 Å². The monoisotopic (exact) mass is 235 g/mol. The summed E-state index contributed by atoms with van der Waals surface area (Å²) in [7, 11) is 1.34. The van der Waals surface area contributed by atoms with E-state index < -0.39 is 0 Å². The fourth-order valence-corrected chi connectivity index (χ4v) is 1.78. The molecule has 0 aliphatic rings. The number of aromatic nitrogens is 1. The van der Waals surface area contributed by atoms with E-state index in [1.807, 2.05) is 5.38 Å². The van der Waals surface area contributed by atoms with Crippen molar-refractivity contribution in [2.24, 2.45) is 0 Å². The molecule has 1 aromatic rings. The molecule has 0 unspecified atom stereocenters. The molecule has 1 aromatic heterocycles. The van der Waals surface area contributed by atoms with Gasteiger partial charge < -0.3 is 4.74 Å². The van der Waals surface area contributed by atoms with E-state index in [0.717, 1.165) is 5.69 Å². The van der Waals surface area contributed by atoms with E-state index in [1.165, 1.54) is 18.4 Å². The third-order valence-corrected chi connectivity index (χ3v) is 2.49. The zero-order chi connectivity index (χ0) is 8.27. The summed E-state index contributed by atoms with van der Waals surface area (Å²) in [5, 5.41) is 2.89. The normalized spacial score (nSPS) is 9.64. The van der Waals surface area contributed by atoms with Crippen molar-refractivity contribution in [2.45, 2.75) is 5.33 Å². The Balaban J connectivity index is 2.80. The third-order valence-electron chi connectivity index (χ3n) is 1.05. The standard InChI is InChI=1S/C6H6BrNO2S/c1-10-6(9)5-8-4(2-7)3-11-5/h3H,2H2,1H3. The summed E-state index contributed by atoms with van der Waals surface area (Å²) in [6.45, 7) is 0. The molecule has 0 saturated heterocycles. The number of methoxy groups -OCH3 is 1. The lowest BCUT2D eigenvalue weighted by Crippen LogP contribution is -1.99. The molecule has 0 bridgehead atoms. The molecule has 0 fully saturated rings. The molecule has 1 rings (SSSR count). The maximum Gasteiger partial charge on any atom is 0.367 e. The fourth-order valence-electron chi connectivity index (χ4n) is 0.549. The van der Waals surface area contributed by atoms with Crippen molar-refractivity contribution in [2.75, 3.05) is 7.11 Å². The molecule has 0 atom stereocenters. The van der Waals surface area contributed by atoms with Crippen LogP contribution < -0.4 is 0 Å². The van der Waals surface area contributed by atoms with E-state index in [-0.39, 0.29) is 5.97 Å². The summed E-state index contributed by atoms with van der Waals surface area (Å²) in [5.74, 6) is -0.373. The molecule has 0 saturated carbocycles. The highest BCUT2D eigenvalue weighted by atomic mass is 79.9. The molecule has 60 valence electrons. The van der Waals surface area contributed by atoms with Crippen molar-refractivity contribution in [3.8, 4) is 0 Å². The molecule has 5 heteroatoms. The van der Waals surface area contributed by atoms with Crippen LogP contribution in [0.2, 0.25) is 0 Å². The zero-order valence-electron chi connectivity index (χ0n) is 5.83. The van der Waals surface area contributed by atoms with E-state index in [2.05, 4.69) is 25.7 Å². The Kier molecular flexibility index (Phi) is 3.02. The second-order valence-electron chi connectivity index (χ2n) is 1.77. The van der Waals surface area contributed by atoms with Crippen LogP contribution in [-0.4, -0.2) is 18.1 Å². The Morgan fingerprint density at radius 3 is 3.09 bits per heavy atom. The minimum atomic E-state index is -0.373. The number of rotatable bonds is 2. The van der Waals surface area contributed by atoms with Crippen molar-refractivity contribution in [3.05, 3.63) is 16.1 Å². The van der Waals surface area contributed by atoms with Crippen LogP contribution in [0.5, 0.6) is 0 Å². The largest absolute Gasteiger partial charge is 0.464 e. The van der Waals surface area contributed by atoms with Gasteiger partial charge in [-0.25, -0.2) is 9.78 Å². The minimum absolute atomic E-state index is 0.373. The molecule has 0 aromatic carbocycles. The lowest BCUT2D eigenvalue weighted by molar-refractivity contribution is 0.0600. The molecular formula is C6H6BrNO2S. The van der Waals surface area contributed by atoms with Gasteiger partial charge in [-0.3, -0.25) is 0 Å². The van der Waals surface area contributed by atoms with Gasteiger partial charge in [-0.15, -0.1) is 11.3 Å². The van der Waals surface area contributed by atoms with Gasteiger partial charge in [0.05, 0.1) is 12.8 Å². The second-order valence-corrected chi connectivity index (χ2v) is 3.19. The first-order valence-electron chi connectivity index (χ1n) is 2.86. The molecule has 0 radical (unpaired) electrons. The maximum absolute atomic E-state index is 10.9. The Labute approximate surface area is 76.5 Å². The molecule has 0 aliphatic carbocycles. The number of thiazole rings is 1. The Bertz CT molecular complexity index is 261. The topological polar surface area (TPSA) is 39.2 Å². The summed E-state index contributed by atoms with van der Waals surface area (Å²) in [6, 6.07) is 0. The molecule has 0 amide bonds. The zero-order valence-corrected chi connectivity index (χ0v) is 8.24. The highest BCUT2D eigenvalue weighted by molar-refractivity contribution is 9.08. The fraction of sp³-hybridized carbons (Fsp3) is 0.333. The molecule has 11 heavy (non-hydrogen) atoms. The lowest BCUT2D eigenvalue weighted by atomic mass is 10.6. The van der Waals surface area contributed by atoms with E-state index in [4.69, 9.17) is 0 Å². The second kappa shape index (κ2) is 3.82. The minimum Gasteiger partial charge on any atom is -0.464 e. The van der Waals surface area contributed by atoms with Gasteiger partial charge in [0.2, 0.25) is 5.01 Å². The summed E-state index contributed by atoms with van der Waals surface area (Å²) in [5.41, 5.74) is 0.857. The quantitative estimate of drug-likeness (QED) is 0.580. The van der Waals surface area contributed by atoms with Gasteiger partial charge in [-0.2, -0.15) is 0 Å². The number of hydrogen-bond donors (Lipinski definition) is 0. The Morgan fingerprint density at radius 1 is 1.91 bits per heavy atom. The van der Waals surface area contributed by atoms with Gasteiger partial charge in [-0.1, -0.05) is 15.9 Å². The first-order valence-corrected chi connectivity index (χ1v) is 4.86. The number of hydrogen-bond acceptors (Lipinski definition) is 4. The number of halogens is 1. The molecule has 0 aliphatic heterocycles. The van der Waals surface area contributed by atoms with Crippen LogP contribution in [0, 0.1) is 0 Å². The van der Waals surface area contributed by atoms with Crippen molar-refractivity contribution in [3.63, 3.8) is 0 Å². The predicted molar refractivity (Wildman–Crippen MR) is 46.1 cm³/mol. The average molecular weight is 236 g/mol. The van der Waals surface area contributed by atoms with Crippen molar-refractivity contribution >= 4 is 33.2 Å². The third kappa shape index (κ3) is 2.00. The number of esters is 1. The number of alkyl halides is 1. The lowest BCUT2D eigenvalue weighted by Gasteiger charge is -1.90. The van der Waals surface area contributed by atoms with Gasteiger partial charge in [-0.05, 0) is 0 Å². The predicted octanol–water partition coefficient (Wildman–Crippen LogP) is 1.82. The summed E-state index contributed by atoms with van der Waals surface area (Å²) < 4.78 is 4.49. The SMILES string of the molecule is COC(=O)c1nc(CBr)cs1. The van der Waals surface area contributed by atoms with Crippen LogP contribution in [0.25, 0.3) is 0 Å². The number of carbonyl (C=O) groups excluding carboxylic acids is 1. The Morgan fingerprint density at radius 2 is 2.64 bits per heavy atom. The van der Waals surface area contributed by atoms with Gasteiger partial charge in [0, 0.05) is 10.7 Å². The van der Waals surface area contributed by atoms with Crippen LogP contribution in [-0.2, 0) is 10.1 Å². The van der Waals surface area contributed by atoms with Crippen LogP contribution in [0.1, 0.15) is 15.5 Å². The molecule has 3 nitrogen and oxygen atoms in total. The van der Waals surface area contributed by atoms with Gasteiger partial charge in [0.1, 0.15) is 0 Å². The first kappa shape index (κ1) is 8.67. The molecule has 0 spiro atoms. The highest BCUT2D eigenvalue weighted by Crippen LogP contribution is 2.12. The van der Waals surface area contributed by atoms with E-state index in [9.17, 15) is 4.79 Å². The van der Waals surface area contributed by atoms with Gasteiger partial charge in [0.15, 0.2) is 0 Å². The van der Waals surface area contributed by atoms with Crippen molar-refractivity contribution < 1.29 is 9.53 Å². The number of nitrogens with zero attached hydrogens (tertiary/aromatic N) is 1. The van der Waals surface area contributed by atoms with Crippen LogP contribution in [0.15, 0.2) is 5.38 Å². The molecule has 0 N–H and O–H groups in total. The molecule has 1 heterocycles. The van der Waals surface area contributed by atoms with Crippen LogP contribution in [0.4, 0.5) is 0 Å². The summed E-state index contributed by atoms with van der Waals surface area (Å²) >= 11 is 4.53. The first-order chi connectivity index (χ1) is 5.27. The van der Waals surface area contributed by atoms with E-state index in [1.54, 1.807) is 0 Å². The highest BCUT2D eigenvalue weighted by Gasteiger charge is 2.09. The van der Waals surface area contributed by atoms with Gasteiger partial charge in [0.25, 0.3) is 0 Å². The van der Waals surface area contributed by atoms with Crippen molar-refractivity contribution in [1.29, 1.82) is 0 Å². The summed E-state index contributed by atoms with van der Waals surface area (Å²) in [6.07, 6.45) is 0. The summed E-state index contributed by atoms with van der Waals surface area (Å²) in [4.78, 5) is 14.8. The number of ether oxygens (including phenoxy) is 1. The van der Waals surface area contributed by atoms with E-state index in [0.29, 0.717) is 10.3 Å². The number of carbonyl (C=O) groups is 1. The Hall–Kier alpha value is -0.420. The maximum atomic E-state index is 10.9.